The highest BCUT2D eigenvalue weighted by molar-refractivity contribution is 5.86. The van der Waals surface area contributed by atoms with Crippen LogP contribution >= 0.6 is 0 Å². The monoisotopic (exact) mass is 319 g/mol. The molecule has 0 radical (unpaired) electrons. The Morgan fingerprint density at radius 1 is 1.30 bits per heavy atom. The van der Waals surface area contributed by atoms with Crippen LogP contribution < -0.4 is 4.74 Å². The number of carbonyl (C=O) groups excluding carboxylic acids is 1. The number of hydrogen-bond acceptors (Lipinski definition) is 4. The molecule has 2 aliphatic heterocycles. The molecule has 2 heterocycles. The zero-order valence-corrected chi connectivity index (χ0v) is 13.4. The Bertz CT molecular complexity index is 642. The standard InChI is InChI=1S/C17H21NO5/c1-10-5-13-14(9-23-15(13)6-11(10)2)17(21)18-3-4-22-12(8-18)7-16(19)20/h5-6,12,14H,3-4,7-9H2,1-2H3,(H,19,20). The summed E-state index contributed by atoms with van der Waals surface area (Å²) in [6.07, 6.45) is -0.522. The highest BCUT2D eigenvalue weighted by Crippen LogP contribution is 2.37. The number of carboxylic acids is 1. The SMILES string of the molecule is Cc1cc2c(cc1C)C(C(=O)N1CCOC(CC(=O)O)C1)CO2. The van der Waals surface area contributed by atoms with E-state index in [-0.39, 0.29) is 18.2 Å². The molecule has 0 saturated carbocycles. The van der Waals surface area contributed by atoms with Crippen molar-refractivity contribution >= 4 is 11.9 Å². The third kappa shape index (κ3) is 3.17. The highest BCUT2D eigenvalue weighted by Gasteiger charge is 2.36. The van der Waals surface area contributed by atoms with E-state index in [1.54, 1.807) is 4.90 Å². The first-order valence-corrected chi connectivity index (χ1v) is 7.82. The first-order chi connectivity index (χ1) is 11.0. The number of aliphatic carboxylic acids is 1. The van der Waals surface area contributed by atoms with Gasteiger partial charge in [-0.3, -0.25) is 9.59 Å². The summed E-state index contributed by atoms with van der Waals surface area (Å²) in [7, 11) is 0. The largest absolute Gasteiger partial charge is 0.492 e. The first-order valence-electron chi connectivity index (χ1n) is 7.82. The summed E-state index contributed by atoms with van der Waals surface area (Å²) in [5.74, 6) is -0.453. The molecule has 0 aromatic heterocycles. The normalized spacial score (nSPS) is 23.3. The van der Waals surface area contributed by atoms with Crippen molar-refractivity contribution in [2.24, 2.45) is 0 Å². The molecule has 1 fully saturated rings. The van der Waals surface area contributed by atoms with Crippen molar-refractivity contribution < 1.29 is 24.2 Å². The number of nitrogens with zero attached hydrogens (tertiary/aromatic N) is 1. The van der Waals surface area contributed by atoms with Crippen molar-refractivity contribution in [2.45, 2.75) is 32.3 Å². The molecule has 0 aliphatic carbocycles. The number of amides is 1. The second-order valence-corrected chi connectivity index (χ2v) is 6.21. The minimum absolute atomic E-state index is 0.00862. The highest BCUT2D eigenvalue weighted by atomic mass is 16.5. The van der Waals surface area contributed by atoms with E-state index in [4.69, 9.17) is 14.6 Å². The fourth-order valence-electron chi connectivity index (χ4n) is 3.13. The third-order valence-electron chi connectivity index (χ3n) is 4.56. The molecule has 1 aromatic carbocycles. The Kier molecular flexibility index (Phi) is 4.26. The van der Waals surface area contributed by atoms with E-state index in [9.17, 15) is 9.59 Å². The van der Waals surface area contributed by atoms with Gasteiger partial charge in [-0.1, -0.05) is 6.07 Å². The van der Waals surface area contributed by atoms with E-state index in [0.717, 1.165) is 22.4 Å². The van der Waals surface area contributed by atoms with Crippen molar-refractivity contribution in [2.75, 3.05) is 26.3 Å². The molecule has 2 aliphatic rings. The zero-order valence-electron chi connectivity index (χ0n) is 13.4. The van der Waals surface area contributed by atoms with Crippen LogP contribution in [0, 0.1) is 13.8 Å². The Morgan fingerprint density at radius 2 is 2.04 bits per heavy atom. The number of benzene rings is 1. The van der Waals surface area contributed by atoms with E-state index in [0.29, 0.717) is 26.3 Å². The van der Waals surface area contributed by atoms with Crippen LogP contribution in [-0.4, -0.2) is 54.3 Å². The predicted octanol–water partition coefficient (Wildman–Crippen LogP) is 1.48. The predicted molar refractivity (Wildman–Crippen MR) is 82.7 cm³/mol. The Labute approximate surface area is 135 Å². The van der Waals surface area contributed by atoms with E-state index in [1.807, 2.05) is 26.0 Å². The lowest BCUT2D eigenvalue weighted by atomic mass is 9.95. The molecule has 0 bridgehead atoms. The summed E-state index contributed by atoms with van der Waals surface area (Å²) >= 11 is 0. The lowest BCUT2D eigenvalue weighted by Gasteiger charge is -2.33. The number of aryl methyl sites for hydroxylation is 2. The van der Waals surface area contributed by atoms with Crippen LogP contribution in [-0.2, 0) is 14.3 Å². The van der Waals surface area contributed by atoms with Gasteiger partial charge in [-0.15, -0.1) is 0 Å². The van der Waals surface area contributed by atoms with Gasteiger partial charge in [0.1, 0.15) is 18.3 Å². The second kappa shape index (κ2) is 6.20. The van der Waals surface area contributed by atoms with Crippen LogP contribution in [0.3, 0.4) is 0 Å². The maximum absolute atomic E-state index is 12.8. The van der Waals surface area contributed by atoms with Crippen molar-refractivity contribution in [1.82, 2.24) is 4.90 Å². The molecule has 23 heavy (non-hydrogen) atoms. The molecule has 1 N–H and O–H groups in total. The summed E-state index contributed by atoms with van der Waals surface area (Å²) < 4.78 is 11.1. The Balaban J connectivity index is 1.75. The summed E-state index contributed by atoms with van der Waals surface area (Å²) in [6.45, 7) is 5.57. The van der Waals surface area contributed by atoms with Crippen LogP contribution in [0.5, 0.6) is 5.75 Å². The molecule has 6 nitrogen and oxygen atoms in total. The third-order valence-corrected chi connectivity index (χ3v) is 4.56. The van der Waals surface area contributed by atoms with Gasteiger partial charge in [0.15, 0.2) is 0 Å². The molecule has 124 valence electrons. The Hall–Kier alpha value is -2.08. The van der Waals surface area contributed by atoms with E-state index < -0.39 is 12.1 Å². The molecular formula is C17H21NO5. The lowest BCUT2D eigenvalue weighted by molar-refractivity contribution is -0.148. The summed E-state index contributed by atoms with van der Waals surface area (Å²) in [4.78, 5) is 25.4. The van der Waals surface area contributed by atoms with Crippen LogP contribution in [0.1, 0.15) is 29.0 Å². The van der Waals surface area contributed by atoms with Crippen molar-refractivity contribution in [1.29, 1.82) is 0 Å². The average Bonchev–Trinajstić information content (AvgIpc) is 2.89. The minimum atomic E-state index is -0.912. The first kappa shape index (κ1) is 15.8. The number of hydrogen-bond donors (Lipinski definition) is 1. The van der Waals surface area contributed by atoms with Crippen molar-refractivity contribution in [3.63, 3.8) is 0 Å². The van der Waals surface area contributed by atoms with Gasteiger partial charge in [0.2, 0.25) is 5.91 Å². The fraction of sp³-hybridized carbons (Fsp3) is 0.529. The smallest absolute Gasteiger partial charge is 0.306 e. The van der Waals surface area contributed by atoms with Gasteiger partial charge in [-0.2, -0.15) is 0 Å². The minimum Gasteiger partial charge on any atom is -0.492 e. The zero-order chi connectivity index (χ0) is 16.6. The van der Waals surface area contributed by atoms with Crippen LogP contribution in [0.2, 0.25) is 0 Å². The average molecular weight is 319 g/mol. The number of ether oxygens (including phenoxy) is 2. The molecule has 0 spiro atoms. The molecule has 2 atom stereocenters. The topological polar surface area (TPSA) is 76.1 Å². The van der Waals surface area contributed by atoms with Gasteiger partial charge in [0, 0.05) is 18.7 Å². The number of carboxylic acid groups (broad SMARTS) is 1. The van der Waals surface area contributed by atoms with Crippen molar-refractivity contribution in [3.8, 4) is 5.75 Å². The van der Waals surface area contributed by atoms with Gasteiger partial charge in [0.25, 0.3) is 0 Å². The quantitative estimate of drug-likeness (QED) is 0.913. The van der Waals surface area contributed by atoms with Gasteiger partial charge < -0.3 is 19.5 Å². The number of rotatable bonds is 3. The fourth-order valence-corrected chi connectivity index (χ4v) is 3.13. The molecule has 6 heteroatoms. The molecule has 1 amide bonds. The van der Waals surface area contributed by atoms with Crippen LogP contribution in [0.25, 0.3) is 0 Å². The van der Waals surface area contributed by atoms with Gasteiger partial charge in [-0.05, 0) is 31.0 Å². The van der Waals surface area contributed by atoms with E-state index in [2.05, 4.69) is 0 Å². The molecule has 1 aromatic rings. The summed E-state index contributed by atoms with van der Waals surface area (Å²) in [5, 5.41) is 8.89. The van der Waals surface area contributed by atoms with E-state index in [1.165, 1.54) is 0 Å². The second-order valence-electron chi connectivity index (χ2n) is 6.21. The van der Waals surface area contributed by atoms with Gasteiger partial charge >= 0.3 is 5.97 Å². The molecule has 2 unspecified atom stereocenters. The maximum atomic E-state index is 12.8. The van der Waals surface area contributed by atoms with Crippen LogP contribution in [0.4, 0.5) is 0 Å². The number of morpholine rings is 1. The molecular weight excluding hydrogens is 298 g/mol. The van der Waals surface area contributed by atoms with Crippen molar-refractivity contribution in [3.05, 3.63) is 28.8 Å². The van der Waals surface area contributed by atoms with E-state index >= 15 is 0 Å². The number of fused-ring (bicyclic) bond motifs is 1. The Morgan fingerprint density at radius 3 is 2.78 bits per heavy atom. The lowest BCUT2D eigenvalue weighted by Crippen LogP contribution is -2.48. The van der Waals surface area contributed by atoms with Crippen LogP contribution in [0.15, 0.2) is 12.1 Å². The molecule has 1 saturated heterocycles. The maximum Gasteiger partial charge on any atom is 0.306 e. The van der Waals surface area contributed by atoms with Gasteiger partial charge in [0.05, 0.1) is 19.1 Å². The van der Waals surface area contributed by atoms with Gasteiger partial charge in [-0.25, -0.2) is 0 Å². The summed E-state index contributed by atoms with van der Waals surface area (Å²) in [5.41, 5.74) is 3.21. The summed E-state index contributed by atoms with van der Waals surface area (Å²) in [6, 6.07) is 4.00. The molecule has 3 rings (SSSR count). The number of carbonyl (C=O) groups is 2.